The van der Waals surface area contributed by atoms with Crippen LogP contribution in [0.4, 0.5) is 4.39 Å². The summed E-state index contributed by atoms with van der Waals surface area (Å²) in [4.78, 5) is 32.4. The fourth-order valence-corrected chi connectivity index (χ4v) is 5.86. The number of hydrogen-bond donors (Lipinski definition) is 2. The molecule has 0 saturated heterocycles. The van der Waals surface area contributed by atoms with Gasteiger partial charge in [0.15, 0.2) is 4.96 Å². The van der Waals surface area contributed by atoms with Crippen molar-refractivity contribution in [1.82, 2.24) is 20.0 Å². The standard InChI is InChI=1S/C30H25FN4O2S/c1-18-8-9-20(27(36)34-30(14-15-30)21-6-4-3-5-7-21)16-23(18)24-17-35-26(28(37)32-2)25(33-29(35)38-24)19-10-12-22(31)13-11-19/h3-13,16-17H,14-15H2,1-2H3,(H,32,37)(H,34,36). The molecule has 2 N–H and O–H groups in total. The predicted octanol–water partition coefficient (Wildman–Crippen LogP) is 5.96. The van der Waals surface area contributed by atoms with E-state index >= 15 is 0 Å². The molecule has 38 heavy (non-hydrogen) atoms. The summed E-state index contributed by atoms with van der Waals surface area (Å²) in [6.45, 7) is 2.00. The van der Waals surface area contributed by atoms with Crippen molar-refractivity contribution >= 4 is 28.1 Å². The Morgan fingerprint density at radius 3 is 2.42 bits per heavy atom. The zero-order valence-electron chi connectivity index (χ0n) is 20.9. The Labute approximate surface area is 223 Å². The van der Waals surface area contributed by atoms with Gasteiger partial charge in [-0.15, -0.1) is 0 Å². The first-order valence-corrected chi connectivity index (χ1v) is 13.2. The van der Waals surface area contributed by atoms with Crippen LogP contribution in [0.1, 0.15) is 44.8 Å². The summed E-state index contributed by atoms with van der Waals surface area (Å²) in [5.74, 6) is -0.755. The molecule has 190 valence electrons. The van der Waals surface area contributed by atoms with E-state index in [2.05, 4.69) is 22.8 Å². The zero-order valence-corrected chi connectivity index (χ0v) is 21.7. The number of fused-ring (bicyclic) bond motifs is 1. The second kappa shape index (κ2) is 9.22. The molecule has 0 spiro atoms. The van der Waals surface area contributed by atoms with Crippen molar-refractivity contribution < 1.29 is 14.0 Å². The average molecular weight is 525 g/mol. The lowest BCUT2D eigenvalue weighted by Gasteiger charge is -2.18. The maximum Gasteiger partial charge on any atom is 0.270 e. The van der Waals surface area contributed by atoms with E-state index < -0.39 is 0 Å². The molecule has 1 aliphatic rings. The monoisotopic (exact) mass is 524 g/mol. The third kappa shape index (κ3) is 4.16. The number of rotatable bonds is 6. The van der Waals surface area contributed by atoms with Crippen LogP contribution in [0.15, 0.2) is 79.0 Å². The first-order chi connectivity index (χ1) is 18.4. The van der Waals surface area contributed by atoms with E-state index in [1.165, 1.54) is 23.5 Å². The SMILES string of the molecule is CNC(=O)c1c(-c2ccc(F)cc2)nc2sc(-c3cc(C(=O)NC4(c5ccccc5)CC4)ccc3C)cn12. The molecular weight excluding hydrogens is 499 g/mol. The van der Waals surface area contributed by atoms with Gasteiger partial charge in [-0.3, -0.25) is 14.0 Å². The maximum atomic E-state index is 13.5. The molecule has 6 nitrogen and oxygen atoms in total. The van der Waals surface area contributed by atoms with E-state index in [0.29, 0.717) is 27.5 Å². The minimum atomic E-state index is -0.352. The number of nitrogens with one attached hydrogen (secondary N) is 2. The van der Waals surface area contributed by atoms with Crippen molar-refractivity contribution in [3.05, 3.63) is 107 Å². The third-order valence-electron chi connectivity index (χ3n) is 7.08. The molecule has 3 aromatic carbocycles. The van der Waals surface area contributed by atoms with Gasteiger partial charge in [-0.1, -0.05) is 47.7 Å². The van der Waals surface area contributed by atoms with Crippen LogP contribution in [0.5, 0.6) is 0 Å². The van der Waals surface area contributed by atoms with E-state index in [9.17, 15) is 14.0 Å². The number of carbonyl (C=O) groups is 2. The second-order valence-corrected chi connectivity index (χ2v) is 10.6. The number of amides is 2. The molecule has 2 aromatic heterocycles. The summed E-state index contributed by atoms with van der Waals surface area (Å²) in [5, 5.41) is 5.93. The van der Waals surface area contributed by atoms with Gasteiger partial charge in [0.1, 0.15) is 17.2 Å². The molecule has 2 amide bonds. The van der Waals surface area contributed by atoms with Crippen molar-refractivity contribution in [1.29, 1.82) is 0 Å². The maximum absolute atomic E-state index is 13.5. The number of benzene rings is 3. The highest BCUT2D eigenvalue weighted by molar-refractivity contribution is 7.20. The number of thiazole rings is 1. The molecule has 0 radical (unpaired) electrons. The van der Waals surface area contributed by atoms with Gasteiger partial charge in [0.2, 0.25) is 0 Å². The molecule has 0 atom stereocenters. The molecule has 5 aromatic rings. The van der Waals surface area contributed by atoms with E-state index in [1.54, 1.807) is 23.6 Å². The van der Waals surface area contributed by atoms with Crippen LogP contribution in [0.2, 0.25) is 0 Å². The Bertz CT molecular complexity index is 1690. The summed E-state index contributed by atoms with van der Waals surface area (Å²) in [6, 6.07) is 21.7. The highest BCUT2D eigenvalue weighted by Gasteiger charge is 2.45. The van der Waals surface area contributed by atoms with E-state index in [1.807, 2.05) is 49.5 Å². The first-order valence-electron chi connectivity index (χ1n) is 12.4. The molecule has 0 bridgehead atoms. The minimum Gasteiger partial charge on any atom is -0.354 e. The van der Waals surface area contributed by atoms with Gasteiger partial charge >= 0.3 is 0 Å². The summed E-state index contributed by atoms with van der Waals surface area (Å²) in [5.41, 5.74) is 4.84. The lowest BCUT2D eigenvalue weighted by molar-refractivity contribution is 0.0928. The highest BCUT2D eigenvalue weighted by atomic mass is 32.1. The van der Waals surface area contributed by atoms with E-state index in [-0.39, 0.29) is 23.2 Å². The third-order valence-corrected chi connectivity index (χ3v) is 8.10. The molecule has 0 unspecified atom stereocenters. The van der Waals surface area contributed by atoms with Gasteiger partial charge in [0, 0.05) is 24.4 Å². The van der Waals surface area contributed by atoms with Crippen molar-refractivity contribution in [2.45, 2.75) is 25.3 Å². The summed E-state index contributed by atoms with van der Waals surface area (Å²) in [6.07, 6.45) is 3.71. The largest absolute Gasteiger partial charge is 0.354 e. The average Bonchev–Trinajstić information content (AvgIpc) is 3.46. The molecule has 2 heterocycles. The summed E-state index contributed by atoms with van der Waals surface area (Å²) < 4.78 is 15.3. The van der Waals surface area contributed by atoms with Crippen molar-refractivity contribution in [3.8, 4) is 21.7 Å². The van der Waals surface area contributed by atoms with Crippen molar-refractivity contribution in [2.24, 2.45) is 0 Å². The fourth-order valence-electron chi connectivity index (χ4n) is 4.80. The van der Waals surface area contributed by atoms with Gasteiger partial charge < -0.3 is 10.6 Å². The Morgan fingerprint density at radius 1 is 1.00 bits per heavy atom. The van der Waals surface area contributed by atoms with Gasteiger partial charge in [0.25, 0.3) is 11.8 Å². The molecule has 1 fully saturated rings. The minimum absolute atomic E-state index is 0.112. The number of halogens is 1. The smallest absolute Gasteiger partial charge is 0.270 e. The molecule has 1 saturated carbocycles. The van der Waals surface area contributed by atoms with Crippen molar-refractivity contribution in [2.75, 3.05) is 7.05 Å². The Hall–Kier alpha value is -4.30. The first kappa shape index (κ1) is 24.1. The number of hydrogen-bond acceptors (Lipinski definition) is 4. The lowest BCUT2D eigenvalue weighted by Crippen LogP contribution is -2.34. The number of nitrogens with zero attached hydrogens (tertiary/aromatic N) is 2. The highest BCUT2D eigenvalue weighted by Crippen LogP contribution is 2.45. The normalized spacial score (nSPS) is 13.9. The Balaban J connectivity index is 1.36. The lowest BCUT2D eigenvalue weighted by atomic mass is 10.0. The number of carbonyl (C=O) groups excluding carboxylic acids is 2. The number of aromatic nitrogens is 2. The van der Waals surface area contributed by atoms with Crippen LogP contribution >= 0.6 is 11.3 Å². The number of aryl methyl sites for hydroxylation is 1. The topological polar surface area (TPSA) is 75.5 Å². The Morgan fingerprint density at radius 2 is 1.74 bits per heavy atom. The van der Waals surface area contributed by atoms with E-state index in [4.69, 9.17) is 4.98 Å². The van der Waals surface area contributed by atoms with Crippen LogP contribution in [-0.2, 0) is 5.54 Å². The molecule has 8 heteroatoms. The summed E-state index contributed by atoms with van der Waals surface area (Å²) in [7, 11) is 1.57. The Kier molecular flexibility index (Phi) is 5.84. The fraction of sp³-hybridized carbons (Fsp3) is 0.167. The zero-order chi connectivity index (χ0) is 26.4. The number of imidazole rings is 1. The van der Waals surface area contributed by atoms with Gasteiger partial charge in [-0.05, 0) is 72.9 Å². The van der Waals surface area contributed by atoms with Crippen LogP contribution in [0.3, 0.4) is 0 Å². The second-order valence-electron chi connectivity index (χ2n) is 9.57. The molecule has 6 rings (SSSR count). The van der Waals surface area contributed by atoms with Crippen molar-refractivity contribution in [3.63, 3.8) is 0 Å². The van der Waals surface area contributed by atoms with Crippen LogP contribution < -0.4 is 10.6 Å². The van der Waals surface area contributed by atoms with Gasteiger partial charge in [-0.25, -0.2) is 9.37 Å². The molecule has 1 aliphatic carbocycles. The summed E-state index contributed by atoms with van der Waals surface area (Å²) >= 11 is 1.43. The molecular formula is C30H25FN4O2S. The predicted molar refractivity (Wildman–Crippen MR) is 147 cm³/mol. The van der Waals surface area contributed by atoms with E-state index in [0.717, 1.165) is 34.4 Å². The van der Waals surface area contributed by atoms with Gasteiger partial charge in [0.05, 0.1) is 10.4 Å². The quantitative estimate of drug-likeness (QED) is 0.288. The van der Waals surface area contributed by atoms with Crippen LogP contribution in [0.25, 0.3) is 26.7 Å². The van der Waals surface area contributed by atoms with Gasteiger partial charge in [-0.2, -0.15) is 0 Å². The molecule has 0 aliphatic heterocycles. The van der Waals surface area contributed by atoms with Crippen LogP contribution in [-0.4, -0.2) is 28.2 Å². The van der Waals surface area contributed by atoms with Crippen LogP contribution in [0, 0.1) is 12.7 Å².